The van der Waals surface area contributed by atoms with Crippen LogP contribution in [0.5, 0.6) is 0 Å². The summed E-state index contributed by atoms with van der Waals surface area (Å²) in [7, 11) is 1.43. The summed E-state index contributed by atoms with van der Waals surface area (Å²) in [6.45, 7) is 3.78. The molecule has 0 spiro atoms. The number of aliphatic hydroxyl groups excluding tert-OH is 1. The van der Waals surface area contributed by atoms with E-state index in [2.05, 4.69) is 10.2 Å². The van der Waals surface area contributed by atoms with Gasteiger partial charge in [-0.2, -0.15) is 0 Å². The summed E-state index contributed by atoms with van der Waals surface area (Å²) >= 11 is 0. The fourth-order valence-electron chi connectivity index (χ4n) is 2.98. The molecule has 20 heavy (non-hydrogen) atoms. The van der Waals surface area contributed by atoms with Gasteiger partial charge in [-0.1, -0.05) is 6.42 Å². The van der Waals surface area contributed by atoms with E-state index >= 15 is 0 Å². The van der Waals surface area contributed by atoms with Crippen LogP contribution in [0.4, 0.5) is 0 Å². The molecular formula is C14H26N2O4. The van der Waals surface area contributed by atoms with Crippen molar-refractivity contribution in [2.45, 2.75) is 37.9 Å². The number of hydrogen-bond donors (Lipinski definition) is 2. The number of β-amino-alcohol motifs (C(OH)–C–C–N with tert-alkyl or cyclic N) is 1. The second-order valence-electron chi connectivity index (χ2n) is 5.73. The lowest BCUT2D eigenvalue weighted by Crippen LogP contribution is -2.36. The van der Waals surface area contributed by atoms with Crippen LogP contribution in [0.3, 0.4) is 0 Å². The van der Waals surface area contributed by atoms with Gasteiger partial charge < -0.3 is 19.9 Å². The molecule has 1 saturated carbocycles. The van der Waals surface area contributed by atoms with Gasteiger partial charge in [-0.15, -0.1) is 0 Å². The minimum atomic E-state index is -0.464. The molecule has 0 aromatic rings. The minimum Gasteiger partial charge on any atom is -0.469 e. The summed E-state index contributed by atoms with van der Waals surface area (Å²) < 4.78 is 10.6. The molecule has 1 saturated heterocycles. The third-order valence-corrected chi connectivity index (χ3v) is 4.09. The van der Waals surface area contributed by atoms with Crippen molar-refractivity contribution < 1.29 is 19.4 Å². The van der Waals surface area contributed by atoms with E-state index in [1.165, 1.54) is 7.11 Å². The van der Waals surface area contributed by atoms with E-state index in [0.29, 0.717) is 19.6 Å². The molecule has 0 aromatic carbocycles. The van der Waals surface area contributed by atoms with Crippen molar-refractivity contribution in [2.24, 2.45) is 5.92 Å². The van der Waals surface area contributed by atoms with Crippen molar-refractivity contribution in [1.29, 1.82) is 0 Å². The Kier molecular flexibility index (Phi) is 6.22. The van der Waals surface area contributed by atoms with Gasteiger partial charge in [-0.05, 0) is 19.3 Å². The zero-order valence-corrected chi connectivity index (χ0v) is 12.2. The largest absolute Gasteiger partial charge is 0.469 e. The fraction of sp³-hybridized carbons (Fsp3) is 0.929. The number of hydrogen-bond acceptors (Lipinski definition) is 6. The van der Waals surface area contributed by atoms with E-state index < -0.39 is 6.10 Å². The maximum absolute atomic E-state index is 11.5. The standard InChI is InChI=1S/C14H26N2O4/c1-19-14(18)11-3-2-4-13(7-11)20-9-12(17)8-16-6-5-15-10-16/h11-13,15,17H,2-10H2,1H3. The summed E-state index contributed by atoms with van der Waals surface area (Å²) in [6.07, 6.45) is 3.15. The first-order chi connectivity index (χ1) is 9.69. The highest BCUT2D eigenvalue weighted by Gasteiger charge is 2.28. The lowest BCUT2D eigenvalue weighted by atomic mass is 9.87. The van der Waals surface area contributed by atoms with Gasteiger partial charge in [0.15, 0.2) is 0 Å². The third-order valence-electron chi connectivity index (χ3n) is 4.09. The van der Waals surface area contributed by atoms with E-state index in [9.17, 15) is 9.90 Å². The molecule has 3 atom stereocenters. The molecule has 116 valence electrons. The second-order valence-corrected chi connectivity index (χ2v) is 5.73. The van der Waals surface area contributed by atoms with Crippen molar-refractivity contribution in [1.82, 2.24) is 10.2 Å². The van der Waals surface area contributed by atoms with E-state index in [4.69, 9.17) is 9.47 Å². The third kappa shape index (κ3) is 4.70. The summed E-state index contributed by atoms with van der Waals surface area (Å²) in [4.78, 5) is 13.7. The van der Waals surface area contributed by atoms with Crippen LogP contribution in [0.2, 0.25) is 0 Å². The number of esters is 1. The summed E-state index contributed by atoms with van der Waals surface area (Å²) in [5.74, 6) is -0.180. The quantitative estimate of drug-likeness (QED) is 0.668. The number of methoxy groups -OCH3 is 1. The molecule has 0 radical (unpaired) electrons. The predicted octanol–water partition coefficient (Wildman–Crippen LogP) is -0.0416. The van der Waals surface area contributed by atoms with Gasteiger partial charge in [-0.3, -0.25) is 9.69 Å². The Morgan fingerprint density at radius 1 is 1.50 bits per heavy atom. The highest BCUT2D eigenvalue weighted by molar-refractivity contribution is 5.72. The van der Waals surface area contributed by atoms with Crippen molar-refractivity contribution in [2.75, 3.05) is 40.0 Å². The molecule has 1 heterocycles. The van der Waals surface area contributed by atoms with Gasteiger partial charge in [0.2, 0.25) is 0 Å². The topological polar surface area (TPSA) is 71.0 Å². The second kappa shape index (κ2) is 7.93. The fourth-order valence-corrected chi connectivity index (χ4v) is 2.98. The average Bonchev–Trinajstić information content (AvgIpc) is 2.97. The Morgan fingerprint density at radius 2 is 2.35 bits per heavy atom. The first-order valence-corrected chi connectivity index (χ1v) is 7.49. The monoisotopic (exact) mass is 286 g/mol. The number of carbonyl (C=O) groups is 1. The number of rotatable bonds is 6. The molecule has 0 aromatic heterocycles. The van der Waals surface area contributed by atoms with Crippen LogP contribution in [0.25, 0.3) is 0 Å². The maximum atomic E-state index is 11.5. The molecule has 0 amide bonds. The Labute approximate surface area is 120 Å². The molecular weight excluding hydrogens is 260 g/mol. The van der Waals surface area contributed by atoms with Crippen LogP contribution in [0.15, 0.2) is 0 Å². The molecule has 6 heteroatoms. The lowest BCUT2D eigenvalue weighted by molar-refractivity contribution is -0.149. The van der Waals surface area contributed by atoms with Crippen LogP contribution >= 0.6 is 0 Å². The SMILES string of the molecule is COC(=O)C1CCCC(OCC(O)CN2CCNC2)C1. The van der Waals surface area contributed by atoms with Gasteiger partial charge in [0.1, 0.15) is 0 Å². The molecule has 0 bridgehead atoms. The molecule has 3 unspecified atom stereocenters. The first kappa shape index (κ1) is 15.7. The van der Waals surface area contributed by atoms with Gasteiger partial charge in [0.25, 0.3) is 0 Å². The smallest absolute Gasteiger partial charge is 0.308 e. The molecule has 2 aliphatic rings. The predicted molar refractivity (Wildman–Crippen MR) is 74.2 cm³/mol. The van der Waals surface area contributed by atoms with Gasteiger partial charge in [-0.25, -0.2) is 0 Å². The summed E-state index contributed by atoms with van der Waals surface area (Å²) in [5, 5.41) is 13.2. The van der Waals surface area contributed by atoms with Crippen LogP contribution < -0.4 is 5.32 Å². The van der Waals surface area contributed by atoms with Crippen molar-refractivity contribution in [3.8, 4) is 0 Å². The van der Waals surface area contributed by atoms with E-state index in [1.807, 2.05) is 0 Å². The van der Waals surface area contributed by atoms with Gasteiger partial charge in [0.05, 0.1) is 31.8 Å². The highest BCUT2D eigenvalue weighted by atomic mass is 16.5. The molecule has 1 aliphatic heterocycles. The maximum Gasteiger partial charge on any atom is 0.308 e. The van der Waals surface area contributed by atoms with Crippen LogP contribution in [-0.4, -0.2) is 68.2 Å². The number of ether oxygens (including phenoxy) is 2. The van der Waals surface area contributed by atoms with E-state index in [-0.39, 0.29) is 18.0 Å². The summed E-state index contributed by atoms with van der Waals surface area (Å²) in [5.41, 5.74) is 0. The van der Waals surface area contributed by atoms with Crippen LogP contribution in [0.1, 0.15) is 25.7 Å². The number of aliphatic hydroxyl groups is 1. The first-order valence-electron chi connectivity index (χ1n) is 7.49. The van der Waals surface area contributed by atoms with Gasteiger partial charge in [0, 0.05) is 26.3 Å². The van der Waals surface area contributed by atoms with Crippen LogP contribution in [0, 0.1) is 5.92 Å². The molecule has 2 fully saturated rings. The zero-order valence-electron chi connectivity index (χ0n) is 12.2. The number of nitrogens with zero attached hydrogens (tertiary/aromatic N) is 1. The van der Waals surface area contributed by atoms with E-state index in [0.717, 1.165) is 39.0 Å². The molecule has 2 rings (SSSR count). The van der Waals surface area contributed by atoms with Crippen LogP contribution in [-0.2, 0) is 14.3 Å². The zero-order chi connectivity index (χ0) is 14.4. The van der Waals surface area contributed by atoms with Gasteiger partial charge >= 0.3 is 5.97 Å². The Hall–Kier alpha value is -0.690. The Balaban J connectivity index is 1.66. The molecule has 6 nitrogen and oxygen atoms in total. The highest BCUT2D eigenvalue weighted by Crippen LogP contribution is 2.27. The van der Waals surface area contributed by atoms with Crippen molar-refractivity contribution in [3.63, 3.8) is 0 Å². The van der Waals surface area contributed by atoms with E-state index in [1.54, 1.807) is 0 Å². The Morgan fingerprint density at radius 3 is 3.05 bits per heavy atom. The molecule has 2 N–H and O–H groups in total. The Bertz CT molecular complexity index is 308. The molecule has 1 aliphatic carbocycles. The van der Waals surface area contributed by atoms with Crippen molar-refractivity contribution >= 4 is 5.97 Å². The minimum absolute atomic E-state index is 0.0429. The normalized spacial score (nSPS) is 29.3. The number of nitrogens with one attached hydrogen (secondary N) is 1. The number of carbonyl (C=O) groups excluding carboxylic acids is 1. The summed E-state index contributed by atoms with van der Waals surface area (Å²) in [6, 6.07) is 0. The van der Waals surface area contributed by atoms with Crippen molar-refractivity contribution in [3.05, 3.63) is 0 Å². The lowest BCUT2D eigenvalue weighted by Gasteiger charge is -2.28. The average molecular weight is 286 g/mol.